The van der Waals surface area contributed by atoms with Crippen LogP contribution in [-0.2, 0) is 9.59 Å². The van der Waals surface area contributed by atoms with Crippen molar-refractivity contribution in [3.8, 4) is 0 Å². The molecule has 7 heteroatoms. The number of carbonyl (C=O) groups excluding carboxylic acids is 2. The van der Waals surface area contributed by atoms with Gasteiger partial charge < -0.3 is 4.90 Å². The van der Waals surface area contributed by atoms with Gasteiger partial charge in [-0.1, -0.05) is 25.1 Å². The van der Waals surface area contributed by atoms with Crippen LogP contribution in [-0.4, -0.2) is 35.2 Å². The number of nitrogens with zero attached hydrogens (tertiary/aromatic N) is 3. The molecule has 7 nitrogen and oxygen atoms in total. The largest absolute Gasteiger partial charge is 0.339 e. The first-order chi connectivity index (χ1) is 13.0. The van der Waals surface area contributed by atoms with E-state index in [4.69, 9.17) is 0 Å². The summed E-state index contributed by atoms with van der Waals surface area (Å²) in [6.45, 7) is 2.21. The summed E-state index contributed by atoms with van der Waals surface area (Å²) in [6.07, 6.45) is 0.646. The van der Waals surface area contributed by atoms with E-state index in [9.17, 15) is 19.7 Å². The third-order valence-electron chi connectivity index (χ3n) is 4.44. The Bertz CT molecular complexity index is 920. The van der Waals surface area contributed by atoms with Crippen molar-refractivity contribution in [2.75, 3.05) is 18.5 Å². The van der Waals surface area contributed by atoms with Gasteiger partial charge in [-0.3, -0.25) is 24.6 Å². The Morgan fingerprint density at radius 2 is 1.63 bits per heavy atom. The lowest BCUT2D eigenvalue weighted by Crippen LogP contribution is -2.34. The Kier molecular flexibility index (Phi) is 5.03. The molecule has 0 N–H and O–H groups in total. The molecule has 0 atom stereocenters. The fourth-order valence-electron chi connectivity index (χ4n) is 3.09. The van der Waals surface area contributed by atoms with Gasteiger partial charge in [-0.2, -0.15) is 0 Å². The fourth-order valence-corrected chi connectivity index (χ4v) is 3.09. The molecule has 0 saturated heterocycles. The summed E-state index contributed by atoms with van der Waals surface area (Å²) in [5, 5.41) is 10.9. The second-order valence-electron chi connectivity index (χ2n) is 6.18. The first-order valence-electron chi connectivity index (χ1n) is 8.59. The summed E-state index contributed by atoms with van der Waals surface area (Å²) >= 11 is 0. The summed E-state index contributed by atoms with van der Waals surface area (Å²) in [7, 11) is 1.73. The maximum atomic E-state index is 13.0. The topological polar surface area (TPSA) is 83.8 Å². The molecule has 27 heavy (non-hydrogen) atoms. The van der Waals surface area contributed by atoms with Crippen LogP contribution in [0.4, 0.5) is 11.4 Å². The minimum absolute atomic E-state index is 0.0699. The zero-order chi connectivity index (χ0) is 19.6. The van der Waals surface area contributed by atoms with E-state index in [2.05, 4.69) is 0 Å². The van der Waals surface area contributed by atoms with Crippen molar-refractivity contribution in [3.63, 3.8) is 0 Å². The van der Waals surface area contributed by atoms with Crippen molar-refractivity contribution in [2.24, 2.45) is 0 Å². The molecule has 0 radical (unpaired) electrons. The smallest absolute Gasteiger partial charge is 0.278 e. The van der Waals surface area contributed by atoms with Gasteiger partial charge in [0, 0.05) is 31.4 Å². The summed E-state index contributed by atoms with van der Waals surface area (Å²) in [6, 6.07) is 15.0. The third-order valence-corrected chi connectivity index (χ3v) is 4.44. The highest BCUT2D eigenvalue weighted by molar-refractivity contribution is 6.36. The number of non-ortho nitro benzene ring substituents is 1. The number of para-hydroxylation sites is 1. The van der Waals surface area contributed by atoms with Gasteiger partial charge in [0.25, 0.3) is 17.5 Å². The monoisotopic (exact) mass is 365 g/mol. The standard InChI is InChI=1S/C20H19N3O4/c1-3-13-22-19(24)17(14-9-11-16(12-10-14)23(26)27)18(20(22)25)21(2)15-7-5-4-6-8-15/h4-12H,3,13H2,1-2H3. The lowest BCUT2D eigenvalue weighted by molar-refractivity contribution is -0.384. The molecule has 2 aromatic rings. The summed E-state index contributed by atoms with van der Waals surface area (Å²) < 4.78 is 0. The average molecular weight is 365 g/mol. The summed E-state index contributed by atoms with van der Waals surface area (Å²) in [5.74, 6) is -0.741. The van der Waals surface area contributed by atoms with Crippen LogP contribution >= 0.6 is 0 Å². The Morgan fingerprint density at radius 3 is 2.19 bits per heavy atom. The average Bonchev–Trinajstić information content (AvgIpc) is 2.93. The van der Waals surface area contributed by atoms with Gasteiger partial charge in [0.05, 0.1) is 10.5 Å². The lowest BCUT2D eigenvalue weighted by atomic mass is 10.0. The van der Waals surface area contributed by atoms with Crippen molar-refractivity contribution < 1.29 is 14.5 Å². The number of anilines is 1. The van der Waals surface area contributed by atoms with Gasteiger partial charge in [0.2, 0.25) is 0 Å². The minimum Gasteiger partial charge on any atom is -0.339 e. The number of hydrogen-bond acceptors (Lipinski definition) is 5. The number of likely N-dealkylation sites (N-methyl/N-ethyl adjacent to an activating group) is 1. The van der Waals surface area contributed by atoms with Gasteiger partial charge in [0.15, 0.2) is 0 Å². The normalized spacial score (nSPS) is 14.1. The predicted molar refractivity (Wildman–Crippen MR) is 102 cm³/mol. The molecule has 0 aromatic heterocycles. The summed E-state index contributed by atoms with van der Waals surface area (Å²) in [4.78, 5) is 39.3. The number of benzene rings is 2. The zero-order valence-electron chi connectivity index (χ0n) is 15.1. The third kappa shape index (κ3) is 3.31. The molecule has 138 valence electrons. The van der Waals surface area contributed by atoms with Gasteiger partial charge in [0.1, 0.15) is 5.70 Å². The highest BCUT2D eigenvalue weighted by atomic mass is 16.6. The number of hydrogen-bond donors (Lipinski definition) is 0. The van der Waals surface area contributed by atoms with Crippen LogP contribution in [0.3, 0.4) is 0 Å². The lowest BCUT2D eigenvalue weighted by Gasteiger charge is -2.21. The number of rotatable bonds is 6. The maximum absolute atomic E-state index is 13.0. The van der Waals surface area contributed by atoms with Crippen molar-refractivity contribution in [3.05, 3.63) is 76.0 Å². The number of nitro groups is 1. The van der Waals surface area contributed by atoms with Gasteiger partial charge in [-0.15, -0.1) is 0 Å². The number of imide groups is 1. The van der Waals surface area contributed by atoms with Crippen LogP contribution in [0.1, 0.15) is 18.9 Å². The van der Waals surface area contributed by atoms with Crippen LogP contribution < -0.4 is 4.90 Å². The van der Waals surface area contributed by atoms with Crippen LogP contribution in [0.25, 0.3) is 5.57 Å². The molecule has 3 rings (SSSR count). The molecule has 0 fully saturated rings. The molecule has 1 heterocycles. The number of nitro benzene ring substituents is 1. The highest BCUT2D eigenvalue weighted by Crippen LogP contribution is 2.34. The van der Waals surface area contributed by atoms with E-state index >= 15 is 0 Å². The molecule has 1 aliphatic heterocycles. The molecule has 1 aliphatic rings. The molecule has 0 aliphatic carbocycles. The molecule has 0 unspecified atom stereocenters. The van der Waals surface area contributed by atoms with Gasteiger partial charge >= 0.3 is 0 Å². The second-order valence-corrected chi connectivity index (χ2v) is 6.18. The van der Waals surface area contributed by atoms with Crippen molar-refractivity contribution >= 4 is 28.8 Å². The first-order valence-corrected chi connectivity index (χ1v) is 8.59. The van der Waals surface area contributed by atoms with Crippen molar-refractivity contribution in [2.45, 2.75) is 13.3 Å². The first kappa shape index (κ1) is 18.3. The van der Waals surface area contributed by atoms with E-state index < -0.39 is 4.92 Å². The molecule has 2 amide bonds. The van der Waals surface area contributed by atoms with Crippen LogP contribution in [0.5, 0.6) is 0 Å². The maximum Gasteiger partial charge on any atom is 0.278 e. The predicted octanol–water partition coefficient (Wildman–Crippen LogP) is 3.22. The Morgan fingerprint density at radius 1 is 1.00 bits per heavy atom. The van der Waals surface area contributed by atoms with E-state index in [0.717, 1.165) is 5.69 Å². The SMILES string of the molecule is CCCN1C(=O)C(c2ccc([N+](=O)[O-])cc2)=C(N(C)c2ccccc2)C1=O. The zero-order valence-corrected chi connectivity index (χ0v) is 15.1. The quantitative estimate of drug-likeness (QED) is 0.446. The van der Waals surface area contributed by atoms with Crippen LogP contribution in [0.2, 0.25) is 0 Å². The molecule has 0 spiro atoms. The van der Waals surface area contributed by atoms with Crippen molar-refractivity contribution in [1.82, 2.24) is 4.90 Å². The van der Waals surface area contributed by atoms with E-state index in [0.29, 0.717) is 18.5 Å². The van der Waals surface area contributed by atoms with E-state index in [1.165, 1.54) is 29.2 Å². The Labute approximate surface area is 156 Å². The van der Waals surface area contributed by atoms with Gasteiger partial charge in [-0.25, -0.2) is 0 Å². The second kappa shape index (κ2) is 7.41. The Balaban J connectivity index is 2.13. The molecular weight excluding hydrogens is 346 g/mol. The minimum atomic E-state index is -0.500. The van der Waals surface area contributed by atoms with Crippen LogP contribution in [0.15, 0.2) is 60.3 Å². The molecular formula is C20H19N3O4. The Hall–Kier alpha value is -3.48. The molecule has 0 saturated carbocycles. The number of amides is 2. The van der Waals surface area contributed by atoms with Crippen molar-refractivity contribution in [1.29, 1.82) is 0 Å². The van der Waals surface area contributed by atoms with Gasteiger partial charge in [-0.05, 0) is 36.2 Å². The molecule has 0 bridgehead atoms. The fraction of sp³-hybridized carbons (Fsp3) is 0.200. The number of carbonyl (C=O) groups is 2. The van der Waals surface area contributed by atoms with E-state index in [1.807, 2.05) is 37.3 Å². The highest BCUT2D eigenvalue weighted by Gasteiger charge is 2.40. The summed E-state index contributed by atoms with van der Waals surface area (Å²) in [5.41, 5.74) is 1.71. The van der Waals surface area contributed by atoms with Crippen LogP contribution in [0, 0.1) is 10.1 Å². The van der Waals surface area contributed by atoms with E-state index in [-0.39, 0.29) is 28.8 Å². The van der Waals surface area contributed by atoms with E-state index in [1.54, 1.807) is 11.9 Å². The molecule has 2 aromatic carbocycles.